The van der Waals surface area contributed by atoms with Crippen molar-refractivity contribution in [2.45, 2.75) is 44.4 Å². The molecule has 1 fully saturated rings. The van der Waals surface area contributed by atoms with E-state index in [1.165, 1.54) is 17.7 Å². The van der Waals surface area contributed by atoms with Crippen LogP contribution < -0.4 is 5.32 Å². The second kappa shape index (κ2) is 10.1. The Morgan fingerprint density at radius 1 is 0.909 bits per heavy atom. The average molecular weight is 454 g/mol. The molecule has 0 amide bonds. The molecule has 2 nitrogen and oxygen atoms in total. The Labute approximate surface area is 193 Å². The van der Waals surface area contributed by atoms with Gasteiger partial charge in [0, 0.05) is 5.41 Å². The summed E-state index contributed by atoms with van der Waals surface area (Å²) in [5.74, 6) is 0. The molecule has 0 unspecified atom stereocenters. The highest BCUT2D eigenvalue weighted by atomic mass is 19.4. The summed E-state index contributed by atoms with van der Waals surface area (Å²) >= 11 is 0. The summed E-state index contributed by atoms with van der Waals surface area (Å²) in [4.78, 5) is 0. The van der Waals surface area contributed by atoms with Gasteiger partial charge in [-0.05, 0) is 78.4 Å². The molecule has 0 aromatic heterocycles. The molecule has 1 saturated heterocycles. The van der Waals surface area contributed by atoms with Crippen LogP contribution in [0.15, 0.2) is 72.8 Å². The van der Waals surface area contributed by atoms with Crippen LogP contribution in [0.4, 0.5) is 13.2 Å². The van der Waals surface area contributed by atoms with Gasteiger partial charge in [0.15, 0.2) is 0 Å². The van der Waals surface area contributed by atoms with Gasteiger partial charge in [-0.15, -0.1) is 0 Å². The van der Waals surface area contributed by atoms with Gasteiger partial charge in [0.1, 0.15) is 0 Å². The van der Waals surface area contributed by atoms with Gasteiger partial charge < -0.3 is 10.1 Å². The standard InChI is InChI=1S/C28H30F3NO/c1-2-22-8-6-7-11-26(22)23-16-21(17-25(18-23)28(29,30)31)19-33-20-27(12-14-32-15-13-27)24-9-4-3-5-10-24/h3-11,16-18,32H,2,12-15,19-20H2,1H3. The summed E-state index contributed by atoms with van der Waals surface area (Å²) in [5, 5.41) is 3.40. The zero-order chi connectivity index (χ0) is 23.3. The number of aryl methyl sites for hydroxylation is 1. The van der Waals surface area contributed by atoms with Crippen LogP contribution in [0, 0.1) is 0 Å². The minimum atomic E-state index is -4.41. The number of hydrogen-bond acceptors (Lipinski definition) is 2. The van der Waals surface area contributed by atoms with Crippen LogP contribution >= 0.6 is 0 Å². The Morgan fingerprint density at radius 3 is 2.30 bits per heavy atom. The molecule has 5 heteroatoms. The molecule has 0 saturated carbocycles. The number of rotatable bonds is 7. The Bertz CT molecular complexity index is 1060. The van der Waals surface area contributed by atoms with E-state index in [-0.39, 0.29) is 12.0 Å². The van der Waals surface area contributed by atoms with E-state index in [2.05, 4.69) is 17.4 Å². The highest BCUT2D eigenvalue weighted by Crippen LogP contribution is 2.36. The third kappa shape index (κ3) is 5.48. The van der Waals surface area contributed by atoms with Crippen molar-refractivity contribution in [3.63, 3.8) is 0 Å². The van der Waals surface area contributed by atoms with Crippen LogP contribution in [0.3, 0.4) is 0 Å². The molecule has 0 radical (unpaired) electrons. The molecular weight excluding hydrogens is 423 g/mol. The maximum atomic E-state index is 13.7. The van der Waals surface area contributed by atoms with Crippen molar-refractivity contribution in [3.05, 3.63) is 95.1 Å². The van der Waals surface area contributed by atoms with Crippen molar-refractivity contribution in [2.24, 2.45) is 0 Å². The van der Waals surface area contributed by atoms with E-state index >= 15 is 0 Å². The molecule has 3 aromatic rings. The molecule has 0 bridgehead atoms. The number of halogens is 3. The van der Waals surface area contributed by atoms with E-state index in [1.54, 1.807) is 0 Å². The minimum absolute atomic E-state index is 0.119. The molecule has 0 spiro atoms. The number of hydrogen-bond donors (Lipinski definition) is 1. The van der Waals surface area contributed by atoms with Gasteiger partial charge in [-0.1, -0.05) is 61.5 Å². The number of ether oxygens (including phenoxy) is 1. The second-order valence-electron chi connectivity index (χ2n) is 8.82. The number of nitrogens with one attached hydrogen (secondary N) is 1. The highest BCUT2D eigenvalue weighted by Gasteiger charge is 2.34. The Kier molecular flexibility index (Phi) is 7.20. The Hall–Kier alpha value is -2.63. The van der Waals surface area contributed by atoms with Crippen LogP contribution in [0.2, 0.25) is 0 Å². The van der Waals surface area contributed by atoms with E-state index in [1.807, 2.05) is 55.5 Å². The molecule has 0 atom stereocenters. The monoisotopic (exact) mass is 453 g/mol. The first-order chi connectivity index (χ1) is 15.9. The van der Waals surface area contributed by atoms with Crippen LogP contribution in [-0.4, -0.2) is 19.7 Å². The van der Waals surface area contributed by atoms with Gasteiger partial charge >= 0.3 is 6.18 Å². The maximum Gasteiger partial charge on any atom is 0.416 e. The molecule has 1 aliphatic heterocycles. The minimum Gasteiger partial charge on any atom is -0.376 e. The predicted molar refractivity (Wildman–Crippen MR) is 126 cm³/mol. The number of benzene rings is 3. The zero-order valence-electron chi connectivity index (χ0n) is 18.9. The van der Waals surface area contributed by atoms with Gasteiger partial charge in [-0.3, -0.25) is 0 Å². The third-order valence-corrected chi connectivity index (χ3v) is 6.62. The number of piperidine rings is 1. The molecule has 1 aliphatic rings. The van der Waals surface area contributed by atoms with Crippen molar-refractivity contribution in [1.29, 1.82) is 0 Å². The lowest BCUT2D eigenvalue weighted by Gasteiger charge is -2.38. The molecular formula is C28H30F3NO. The molecule has 33 heavy (non-hydrogen) atoms. The fraction of sp³-hybridized carbons (Fsp3) is 0.357. The quantitative estimate of drug-likeness (QED) is 0.426. The molecule has 3 aromatic carbocycles. The highest BCUT2D eigenvalue weighted by molar-refractivity contribution is 5.69. The Morgan fingerprint density at radius 2 is 1.61 bits per heavy atom. The van der Waals surface area contributed by atoms with Crippen molar-refractivity contribution in [1.82, 2.24) is 5.32 Å². The largest absolute Gasteiger partial charge is 0.416 e. The van der Waals surface area contributed by atoms with Gasteiger partial charge in [0.05, 0.1) is 18.8 Å². The Balaban J connectivity index is 1.60. The summed E-state index contributed by atoms with van der Waals surface area (Å²) in [7, 11) is 0. The molecule has 1 N–H and O–H groups in total. The lowest BCUT2D eigenvalue weighted by molar-refractivity contribution is -0.137. The SMILES string of the molecule is CCc1ccccc1-c1cc(COCC2(c3ccccc3)CCNCC2)cc(C(F)(F)F)c1. The lowest BCUT2D eigenvalue weighted by atomic mass is 9.74. The summed E-state index contributed by atoms with van der Waals surface area (Å²) in [6.45, 7) is 4.45. The normalized spacial score (nSPS) is 16.0. The predicted octanol–water partition coefficient (Wildman–Crippen LogP) is 6.77. The van der Waals surface area contributed by atoms with Crippen molar-refractivity contribution in [2.75, 3.05) is 19.7 Å². The third-order valence-electron chi connectivity index (χ3n) is 6.62. The van der Waals surface area contributed by atoms with Crippen LogP contribution in [0.25, 0.3) is 11.1 Å². The fourth-order valence-electron chi connectivity index (χ4n) is 4.78. The maximum absolute atomic E-state index is 13.7. The van der Waals surface area contributed by atoms with Gasteiger partial charge in [-0.25, -0.2) is 0 Å². The number of alkyl halides is 3. The first-order valence-corrected chi connectivity index (χ1v) is 11.5. The van der Waals surface area contributed by atoms with E-state index in [4.69, 9.17) is 4.74 Å². The molecule has 1 heterocycles. The fourth-order valence-corrected chi connectivity index (χ4v) is 4.78. The second-order valence-corrected chi connectivity index (χ2v) is 8.82. The van der Waals surface area contributed by atoms with E-state index in [0.29, 0.717) is 17.7 Å². The van der Waals surface area contributed by atoms with Crippen molar-refractivity contribution >= 4 is 0 Å². The van der Waals surface area contributed by atoms with E-state index in [9.17, 15) is 13.2 Å². The molecule has 174 valence electrons. The topological polar surface area (TPSA) is 21.3 Å². The van der Waals surface area contributed by atoms with Crippen molar-refractivity contribution in [3.8, 4) is 11.1 Å². The summed E-state index contributed by atoms with van der Waals surface area (Å²) in [6, 6.07) is 22.2. The van der Waals surface area contributed by atoms with Crippen LogP contribution in [-0.2, 0) is 29.4 Å². The van der Waals surface area contributed by atoms with Crippen molar-refractivity contribution < 1.29 is 17.9 Å². The average Bonchev–Trinajstić information content (AvgIpc) is 2.84. The summed E-state index contributed by atoms with van der Waals surface area (Å²) in [5.41, 5.74) is 3.47. The molecule has 0 aliphatic carbocycles. The first kappa shape index (κ1) is 23.5. The first-order valence-electron chi connectivity index (χ1n) is 11.5. The van der Waals surface area contributed by atoms with Gasteiger partial charge in [0.2, 0.25) is 0 Å². The summed E-state index contributed by atoms with van der Waals surface area (Å²) in [6.07, 6.45) is -1.78. The van der Waals surface area contributed by atoms with Crippen LogP contribution in [0.5, 0.6) is 0 Å². The lowest BCUT2D eigenvalue weighted by Crippen LogP contribution is -2.43. The van der Waals surface area contributed by atoms with Gasteiger partial charge in [0.25, 0.3) is 0 Å². The van der Waals surface area contributed by atoms with E-state index < -0.39 is 11.7 Å². The van der Waals surface area contributed by atoms with Crippen LogP contribution in [0.1, 0.15) is 42.0 Å². The van der Waals surface area contributed by atoms with Gasteiger partial charge in [-0.2, -0.15) is 13.2 Å². The zero-order valence-corrected chi connectivity index (χ0v) is 18.9. The summed E-state index contributed by atoms with van der Waals surface area (Å²) < 4.78 is 47.2. The molecule has 4 rings (SSSR count). The van der Waals surface area contributed by atoms with E-state index in [0.717, 1.165) is 43.5 Å². The smallest absolute Gasteiger partial charge is 0.376 e.